The first kappa shape index (κ1) is 11.5. The molecule has 0 atom stereocenters. The van der Waals surface area contributed by atoms with Crippen molar-refractivity contribution in [3.05, 3.63) is 54.6 Å². The Morgan fingerprint density at radius 1 is 0.800 bits per heavy atom. The van der Waals surface area contributed by atoms with Crippen LogP contribution in [0.1, 0.15) is 0 Å². The summed E-state index contributed by atoms with van der Waals surface area (Å²) in [6.45, 7) is 0. The third kappa shape index (κ3) is 1.49. The molecular formula is C16H11BO3. The van der Waals surface area contributed by atoms with Crippen molar-refractivity contribution in [1.82, 2.24) is 0 Å². The van der Waals surface area contributed by atoms with Crippen LogP contribution in [-0.2, 0) is 0 Å². The fourth-order valence-corrected chi connectivity index (χ4v) is 2.79. The summed E-state index contributed by atoms with van der Waals surface area (Å²) in [5.74, 6) is 0. The first-order valence-electron chi connectivity index (χ1n) is 6.45. The Morgan fingerprint density at radius 2 is 1.65 bits per heavy atom. The van der Waals surface area contributed by atoms with Crippen molar-refractivity contribution < 1.29 is 14.5 Å². The van der Waals surface area contributed by atoms with E-state index in [1.807, 2.05) is 48.5 Å². The Labute approximate surface area is 115 Å². The van der Waals surface area contributed by atoms with Gasteiger partial charge in [-0.15, -0.1) is 0 Å². The summed E-state index contributed by atoms with van der Waals surface area (Å²) in [5, 5.41) is 22.9. The SMILES string of the molecule is OB(O)c1cccc2ccc3c4ccccc4oc3c12. The first-order chi connectivity index (χ1) is 9.75. The van der Waals surface area contributed by atoms with E-state index in [0.29, 0.717) is 11.0 Å². The van der Waals surface area contributed by atoms with Crippen molar-refractivity contribution in [3.8, 4) is 0 Å². The second-order valence-corrected chi connectivity index (χ2v) is 4.86. The van der Waals surface area contributed by atoms with E-state index in [1.54, 1.807) is 6.07 Å². The largest absolute Gasteiger partial charge is 0.489 e. The number of benzene rings is 3. The summed E-state index contributed by atoms with van der Waals surface area (Å²) >= 11 is 0. The summed E-state index contributed by atoms with van der Waals surface area (Å²) in [7, 11) is -1.52. The highest BCUT2D eigenvalue weighted by atomic mass is 16.4. The lowest BCUT2D eigenvalue weighted by Crippen LogP contribution is -2.30. The van der Waals surface area contributed by atoms with Gasteiger partial charge in [0.05, 0.1) is 0 Å². The highest BCUT2D eigenvalue weighted by Gasteiger charge is 2.18. The van der Waals surface area contributed by atoms with E-state index in [4.69, 9.17) is 4.42 Å². The summed E-state index contributed by atoms with van der Waals surface area (Å²) in [6.07, 6.45) is 0. The minimum absolute atomic E-state index is 0.465. The Kier molecular flexibility index (Phi) is 2.36. The fourth-order valence-electron chi connectivity index (χ4n) is 2.79. The predicted molar refractivity (Wildman–Crippen MR) is 81.1 cm³/mol. The summed E-state index contributed by atoms with van der Waals surface area (Å²) in [6, 6.07) is 17.3. The number of hydrogen-bond acceptors (Lipinski definition) is 3. The second kappa shape index (κ2) is 4.10. The molecule has 1 heterocycles. The number of fused-ring (bicyclic) bond motifs is 5. The quantitative estimate of drug-likeness (QED) is 0.518. The van der Waals surface area contributed by atoms with Crippen LogP contribution in [0, 0.1) is 0 Å². The van der Waals surface area contributed by atoms with Gasteiger partial charge in [-0.25, -0.2) is 0 Å². The molecule has 0 amide bonds. The molecular weight excluding hydrogens is 251 g/mol. The van der Waals surface area contributed by atoms with E-state index in [1.165, 1.54) is 0 Å². The van der Waals surface area contributed by atoms with Gasteiger partial charge < -0.3 is 14.5 Å². The molecule has 0 aliphatic carbocycles. The molecule has 0 bridgehead atoms. The third-order valence-corrected chi connectivity index (χ3v) is 3.70. The number of rotatable bonds is 1. The molecule has 4 rings (SSSR count). The molecule has 20 heavy (non-hydrogen) atoms. The second-order valence-electron chi connectivity index (χ2n) is 4.86. The van der Waals surface area contributed by atoms with Crippen LogP contribution in [-0.4, -0.2) is 17.2 Å². The first-order valence-corrected chi connectivity index (χ1v) is 6.45. The lowest BCUT2D eigenvalue weighted by molar-refractivity contribution is 0.426. The van der Waals surface area contributed by atoms with Crippen molar-refractivity contribution in [2.75, 3.05) is 0 Å². The zero-order valence-corrected chi connectivity index (χ0v) is 10.6. The van der Waals surface area contributed by atoms with Crippen LogP contribution in [0.3, 0.4) is 0 Å². The van der Waals surface area contributed by atoms with E-state index in [2.05, 4.69) is 0 Å². The van der Waals surface area contributed by atoms with Gasteiger partial charge in [0.1, 0.15) is 11.2 Å². The van der Waals surface area contributed by atoms with Gasteiger partial charge in [0, 0.05) is 16.2 Å². The van der Waals surface area contributed by atoms with E-state index in [-0.39, 0.29) is 0 Å². The Bertz CT molecular complexity index is 940. The van der Waals surface area contributed by atoms with Crippen LogP contribution in [0.4, 0.5) is 0 Å². The van der Waals surface area contributed by atoms with Gasteiger partial charge in [-0.05, 0) is 23.0 Å². The van der Waals surface area contributed by atoms with Gasteiger partial charge in [-0.2, -0.15) is 0 Å². The zero-order valence-electron chi connectivity index (χ0n) is 10.6. The minimum atomic E-state index is -1.52. The molecule has 0 saturated carbocycles. The molecule has 96 valence electrons. The topological polar surface area (TPSA) is 53.6 Å². The average Bonchev–Trinajstić information content (AvgIpc) is 2.85. The molecule has 0 radical (unpaired) electrons. The molecule has 0 unspecified atom stereocenters. The van der Waals surface area contributed by atoms with Gasteiger partial charge >= 0.3 is 7.12 Å². The van der Waals surface area contributed by atoms with Crippen LogP contribution in [0.25, 0.3) is 32.7 Å². The lowest BCUT2D eigenvalue weighted by atomic mass is 9.77. The molecule has 0 aliphatic rings. The van der Waals surface area contributed by atoms with Gasteiger partial charge in [0.15, 0.2) is 0 Å². The third-order valence-electron chi connectivity index (χ3n) is 3.70. The van der Waals surface area contributed by atoms with Crippen LogP contribution in [0.2, 0.25) is 0 Å². The van der Waals surface area contributed by atoms with Crippen molar-refractivity contribution in [2.24, 2.45) is 0 Å². The molecule has 3 aromatic carbocycles. The monoisotopic (exact) mass is 262 g/mol. The number of furan rings is 1. The average molecular weight is 262 g/mol. The molecule has 3 nitrogen and oxygen atoms in total. The van der Waals surface area contributed by atoms with Crippen LogP contribution < -0.4 is 5.46 Å². The normalized spacial score (nSPS) is 11.5. The van der Waals surface area contributed by atoms with Crippen LogP contribution >= 0.6 is 0 Å². The minimum Gasteiger partial charge on any atom is -0.455 e. The standard InChI is InChI=1S/C16H11BO3/c18-17(19)13-6-3-4-10-8-9-12-11-5-1-2-7-14(11)20-16(12)15(10)13/h1-9,18-19H. The zero-order chi connectivity index (χ0) is 13.7. The highest BCUT2D eigenvalue weighted by molar-refractivity contribution is 6.62. The van der Waals surface area contributed by atoms with Crippen molar-refractivity contribution in [1.29, 1.82) is 0 Å². The Balaban J connectivity index is 2.28. The van der Waals surface area contributed by atoms with E-state index >= 15 is 0 Å². The van der Waals surface area contributed by atoms with Gasteiger partial charge in [-0.3, -0.25) is 0 Å². The molecule has 0 saturated heterocycles. The number of para-hydroxylation sites is 1. The molecule has 4 heteroatoms. The molecule has 2 N–H and O–H groups in total. The maximum Gasteiger partial charge on any atom is 0.489 e. The van der Waals surface area contributed by atoms with Crippen LogP contribution in [0.5, 0.6) is 0 Å². The van der Waals surface area contributed by atoms with E-state index in [0.717, 1.165) is 27.1 Å². The van der Waals surface area contributed by atoms with Gasteiger partial charge in [-0.1, -0.05) is 42.5 Å². The fraction of sp³-hybridized carbons (Fsp3) is 0. The molecule has 0 spiro atoms. The molecule has 0 aliphatic heterocycles. The van der Waals surface area contributed by atoms with Crippen LogP contribution in [0.15, 0.2) is 59.0 Å². The van der Waals surface area contributed by atoms with E-state index in [9.17, 15) is 10.0 Å². The van der Waals surface area contributed by atoms with E-state index < -0.39 is 7.12 Å². The predicted octanol–water partition coefficient (Wildman–Crippen LogP) is 2.42. The van der Waals surface area contributed by atoms with Gasteiger partial charge in [0.25, 0.3) is 0 Å². The summed E-state index contributed by atoms with van der Waals surface area (Å²) in [5.41, 5.74) is 1.97. The molecule has 4 aromatic rings. The molecule has 0 fully saturated rings. The van der Waals surface area contributed by atoms with Crippen molar-refractivity contribution >= 4 is 45.3 Å². The Morgan fingerprint density at radius 3 is 2.50 bits per heavy atom. The maximum atomic E-state index is 9.57. The maximum absolute atomic E-state index is 9.57. The van der Waals surface area contributed by atoms with Crippen molar-refractivity contribution in [2.45, 2.75) is 0 Å². The van der Waals surface area contributed by atoms with Crippen molar-refractivity contribution in [3.63, 3.8) is 0 Å². The number of hydrogen-bond donors (Lipinski definition) is 2. The smallest absolute Gasteiger partial charge is 0.455 e. The lowest BCUT2D eigenvalue weighted by Gasteiger charge is -2.05. The summed E-state index contributed by atoms with van der Waals surface area (Å²) in [4.78, 5) is 0. The summed E-state index contributed by atoms with van der Waals surface area (Å²) < 4.78 is 5.93. The van der Waals surface area contributed by atoms with Gasteiger partial charge in [0.2, 0.25) is 0 Å². The Hall–Kier alpha value is -2.30. The highest BCUT2D eigenvalue weighted by Crippen LogP contribution is 2.33. The molecule has 1 aromatic heterocycles.